The fraction of sp³-hybridized carbons (Fsp3) is 0.600. The average molecular weight is 362 g/mol. The summed E-state index contributed by atoms with van der Waals surface area (Å²) in [6, 6.07) is 6.48. The summed E-state index contributed by atoms with van der Waals surface area (Å²) in [6.07, 6.45) is 3.26. The van der Waals surface area contributed by atoms with Gasteiger partial charge in [0.2, 0.25) is 0 Å². The standard InChI is InChI=1S/C20H27FN2O3/c1-20(2,3)26-19(25)23-14-8-9-15(23)11-13(10-14)22-12-18(24)16-6-4-5-7-17(16)21/h4-7,13-15,22H,8-12H2,1-3H3/t13?,14-,15+. The number of nitrogens with zero attached hydrogens (tertiary/aromatic N) is 1. The number of benzene rings is 1. The van der Waals surface area contributed by atoms with E-state index in [2.05, 4.69) is 5.32 Å². The fourth-order valence-electron chi connectivity index (χ4n) is 3.98. The molecular formula is C20H27FN2O3. The zero-order valence-corrected chi connectivity index (χ0v) is 15.6. The Morgan fingerprint density at radius 2 is 1.81 bits per heavy atom. The molecule has 5 nitrogen and oxygen atoms in total. The summed E-state index contributed by atoms with van der Waals surface area (Å²) in [4.78, 5) is 26.6. The van der Waals surface area contributed by atoms with E-state index in [-0.39, 0.29) is 42.1 Å². The van der Waals surface area contributed by atoms with Gasteiger partial charge in [-0.3, -0.25) is 4.79 Å². The number of nitrogens with one attached hydrogen (secondary N) is 1. The highest BCUT2D eigenvalue weighted by molar-refractivity contribution is 5.97. The lowest BCUT2D eigenvalue weighted by Gasteiger charge is -2.39. The molecule has 2 bridgehead atoms. The van der Waals surface area contributed by atoms with Gasteiger partial charge < -0.3 is 15.0 Å². The molecule has 1 N–H and O–H groups in total. The number of amides is 1. The molecule has 142 valence electrons. The Kier molecular flexibility index (Phi) is 5.32. The molecule has 1 aromatic rings. The van der Waals surface area contributed by atoms with Crippen LogP contribution in [0.15, 0.2) is 24.3 Å². The topological polar surface area (TPSA) is 58.6 Å². The van der Waals surface area contributed by atoms with Gasteiger partial charge in [-0.2, -0.15) is 0 Å². The van der Waals surface area contributed by atoms with Crippen LogP contribution in [0, 0.1) is 5.82 Å². The molecule has 26 heavy (non-hydrogen) atoms. The molecule has 0 radical (unpaired) electrons. The number of hydrogen-bond donors (Lipinski definition) is 1. The smallest absolute Gasteiger partial charge is 0.410 e. The van der Waals surface area contributed by atoms with E-state index < -0.39 is 11.4 Å². The summed E-state index contributed by atoms with van der Waals surface area (Å²) >= 11 is 0. The molecule has 2 fully saturated rings. The first-order valence-corrected chi connectivity index (χ1v) is 9.27. The third-order valence-electron chi connectivity index (χ3n) is 5.06. The van der Waals surface area contributed by atoms with Crippen molar-refractivity contribution in [3.05, 3.63) is 35.6 Å². The Bertz CT molecular complexity index is 672. The molecule has 0 aromatic heterocycles. The molecule has 1 amide bonds. The summed E-state index contributed by atoms with van der Waals surface area (Å²) in [5, 5.41) is 3.26. The Morgan fingerprint density at radius 3 is 2.38 bits per heavy atom. The van der Waals surface area contributed by atoms with Gasteiger partial charge in [0, 0.05) is 18.1 Å². The van der Waals surface area contributed by atoms with Crippen LogP contribution in [0.3, 0.4) is 0 Å². The fourth-order valence-corrected chi connectivity index (χ4v) is 3.98. The van der Waals surface area contributed by atoms with E-state index >= 15 is 0 Å². The predicted octanol–water partition coefficient (Wildman–Crippen LogP) is 3.53. The van der Waals surface area contributed by atoms with Crippen molar-refractivity contribution >= 4 is 11.9 Å². The SMILES string of the molecule is CC(C)(C)OC(=O)N1[C@@H]2CC[C@H]1CC(NCC(=O)c1ccccc1F)C2. The highest BCUT2D eigenvalue weighted by Gasteiger charge is 2.44. The van der Waals surface area contributed by atoms with Crippen LogP contribution in [0.25, 0.3) is 0 Å². The van der Waals surface area contributed by atoms with Gasteiger partial charge in [-0.05, 0) is 58.6 Å². The Labute approximate surface area is 153 Å². The quantitative estimate of drug-likeness (QED) is 0.833. The summed E-state index contributed by atoms with van der Waals surface area (Å²) in [5.41, 5.74) is -0.383. The predicted molar refractivity (Wildman–Crippen MR) is 96.6 cm³/mol. The van der Waals surface area contributed by atoms with Crippen LogP contribution in [0.1, 0.15) is 56.8 Å². The zero-order valence-electron chi connectivity index (χ0n) is 15.6. The first-order chi connectivity index (χ1) is 12.2. The monoisotopic (exact) mass is 362 g/mol. The van der Waals surface area contributed by atoms with Crippen molar-refractivity contribution in [3.8, 4) is 0 Å². The zero-order chi connectivity index (χ0) is 18.9. The molecule has 2 aliphatic heterocycles. The van der Waals surface area contributed by atoms with Crippen LogP contribution in [0.2, 0.25) is 0 Å². The van der Waals surface area contributed by atoms with Crippen LogP contribution >= 0.6 is 0 Å². The lowest BCUT2D eigenvalue weighted by atomic mass is 9.97. The minimum absolute atomic E-state index is 0.109. The van der Waals surface area contributed by atoms with E-state index in [4.69, 9.17) is 4.74 Å². The van der Waals surface area contributed by atoms with E-state index in [1.807, 2.05) is 25.7 Å². The number of carbonyl (C=O) groups excluding carboxylic acids is 2. The molecular weight excluding hydrogens is 335 g/mol. The number of fused-ring (bicyclic) bond motifs is 2. The van der Waals surface area contributed by atoms with E-state index in [1.165, 1.54) is 12.1 Å². The van der Waals surface area contributed by atoms with Gasteiger partial charge in [-0.15, -0.1) is 0 Å². The lowest BCUT2D eigenvalue weighted by molar-refractivity contribution is 0.00471. The van der Waals surface area contributed by atoms with E-state index in [9.17, 15) is 14.0 Å². The maximum absolute atomic E-state index is 13.7. The number of halogens is 1. The second-order valence-corrected chi connectivity index (χ2v) is 8.22. The summed E-state index contributed by atoms with van der Waals surface area (Å²) in [7, 11) is 0. The number of ketones is 1. The molecule has 1 unspecified atom stereocenters. The number of carbonyl (C=O) groups is 2. The van der Waals surface area contributed by atoms with Gasteiger partial charge in [0.15, 0.2) is 5.78 Å². The Balaban J connectivity index is 1.55. The van der Waals surface area contributed by atoms with Gasteiger partial charge in [0.25, 0.3) is 0 Å². The van der Waals surface area contributed by atoms with Crippen LogP contribution in [-0.2, 0) is 4.74 Å². The Morgan fingerprint density at radius 1 is 1.19 bits per heavy atom. The average Bonchev–Trinajstić information content (AvgIpc) is 2.82. The molecule has 2 aliphatic rings. The number of Topliss-reactive ketones (excluding diaryl/α,β-unsaturated/α-hetero) is 1. The van der Waals surface area contributed by atoms with Gasteiger partial charge in [-0.1, -0.05) is 12.1 Å². The second kappa shape index (κ2) is 7.35. The minimum Gasteiger partial charge on any atom is -0.444 e. The van der Waals surface area contributed by atoms with Gasteiger partial charge in [-0.25, -0.2) is 9.18 Å². The number of piperidine rings is 1. The van der Waals surface area contributed by atoms with Crippen molar-refractivity contribution in [3.63, 3.8) is 0 Å². The third kappa shape index (κ3) is 4.23. The number of hydrogen-bond acceptors (Lipinski definition) is 4. The van der Waals surface area contributed by atoms with Crippen LogP contribution in [-0.4, -0.2) is 47.0 Å². The summed E-state index contributed by atoms with van der Waals surface area (Å²) < 4.78 is 19.2. The van der Waals surface area contributed by atoms with Crippen LogP contribution < -0.4 is 5.32 Å². The molecule has 6 heteroatoms. The summed E-state index contributed by atoms with van der Waals surface area (Å²) in [6.45, 7) is 5.72. The molecule has 0 aliphatic carbocycles. The largest absolute Gasteiger partial charge is 0.444 e. The highest BCUT2D eigenvalue weighted by Crippen LogP contribution is 2.36. The van der Waals surface area contributed by atoms with Crippen molar-refractivity contribution in [2.45, 2.75) is 70.2 Å². The number of ether oxygens (including phenoxy) is 1. The van der Waals surface area contributed by atoms with E-state index in [0.29, 0.717) is 0 Å². The van der Waals surface area contributed by atoms with Crippen molar-refractivity contribution < 1.29 is 18.7 Å². The van der Waals surface area contributed by atoms with Gasteiger partial charge >= 0.3 is 6.09 Å². The second-order valence-electron chi connectivity index (χ2n) is 8.22. The first kappa shape index (κ1) is 18.8. The van der Waals surface area contributed by atoms with Crippen LogP contribution in [0.5, 0.6) is 0 Å². The normalized spacial score (nSPS) is 25.2. The van der Waals surface area contributed by atoms with Crippen molar-refractivity contribution in [1.82, 2.24) is 10.2 Å². The van der Waals surface area contributed by atoms with Crippen LogP contribution in [0.4, 0.5) is 9.18 Å². The van der Waals surface area contributed by atoms with Crippen molar-refractivity contribution in [2.24, 2.45) is 0 Å². The first-order valence-electron chi connectivity index (χ1n) is 9.27. The van der Waals surface area contributed by atoms with Gasteiger partial charge in [0.1, 0.15) is 11.4 Å². The van der Waals surface area contributed by atoms with Crippen molar-refractivity contribution in [1.29, 1.82) is 0 Å². The maximum atomic E-state index is 13.7. The summed E-state index contributed by atoms with van der Waals surface area (Å²) in [5.74, 6) is -0.732. The molecule has 2 saturated heterocycles. The van der Waals surface area contributed by atoms with E-state index in [1.54, 1.807) is 12.1 Å². The van der Waals surface area contributed by atoms with Gasteiger partial charge in [0.05, 0.1) is 12.1 Å². The molecule has 1 aromatic carbocycles. The molecule has 0 saturated carbocycles. The molecule has 3 atom stereocenters. The Hall–Kier alpha value is -1.95. The van der Waals surface area contributed by atoms with E-state index in [0.717, 1.165) is 25.7 Å². The third-order valence-corrected chi connectivity index (χ3v) is 5.06. The number of rotatable bonds is 4. The molecule has 3 rings (SSSR count). The van der Waals surface area contributed by atoms with Crippen molar-refractivity contribution in [2.75, 3.05) is 6.54 Å². The highest BCUT2D eigenvalue weighted by atomic mass is 19.1. The lowest BCUT2D eigenvalue weighted by Crippen LogP contribution is -2.53. The maximum Gasteiger partial charge on any atom is 0.410 e. The minimum atomic E-state index is -0.502. The molecule has 0 spiro atoms. The molecule has 2 heterocycles.